The molecule has 0 unspecified atom stereocenters. The van der Waals surface area contributed by atoms with Crippen LogP contribution in [0.1, 0.15) is 11.1 Å². The molecule has 0 fully saturated rings. The van der Waals surface area contributed by atoms with Gasteiger partial charge in [-0.05, 0) is 73.5 Å². The number of carbonyl (C=O) groups excluding carboxylic acids is 1. The van der Waals surface area contributed by atoms with Gasteiger partial charge in [0.25, 0.3) is 0 Å². The molecule has 0 radical (unpaired) electrons. The molecule has 0 atom stereocenters. The zero-order valence-corrected chi connectivity index (χ0v) is 21.9. The van der Waals surface area contributed by atoms with Crippen molar-refractivity contribution in [1.29, 1.82) is 0 Å². The summed E-state index contributed by atoms with van der Waals surface area (Å²) >= 11 is 0. The summed E-state index contributed by atoms with van der Waals surface area (Å²) in [7, 11) is 0. The summed E-state index contributed by atoms with van der Waals surface area (Å²) in [4.78, 5) is 13.2. The van der Waals surface area contributed by atoms with Crippen LogP contribution in [0.15, 0.2) is 110 Å². The van der Waals surface area contributed by atoms with Gasteiger partial charge in [0.15, 0.2) is 0 Å². The lowest BCUT2D eigenvalue weighted by Gasteiger charge is -2.26. The number of nitrogens with zero attached hydrogens (tertiary/aromatic N) is 1. The van der Waals surface area contributed by atoms with Crippen molar-refractivity contribution in [2.75, 3.05) is 31.3 Å². The highest BCUT2D eigenvalue weighted by Crippen LogP contribution is 2.36. The van der Waals surface area contributed by atoms with E-state index in [1.807, 2.05) is 12.1 Å². The zero-order valence-electron chi connectivity index (χ0n) is 21.9. The minimum absolute atomic E-state index is 0.201. The Bertz CT molecular complexity index is 1270. The van der Waals surface area contributed by atoms with Gasteiger partial charge in [-0.15, -0.1) is 0 Å². The molecule has 5 nitrogen and oxygen atoms in total. The molecule has 0 aliphatic rings. The average Bonchev–Trinajstić information content (AvgIpc) is 2.95. The summed E-state index contributed by atoms with van der Waals surface area (Å²) in [5, 5.41) is 0. The molecule has 0 saturated carbocycles. The van der Waals surface area contributed by atoms with Crippen LogP contribution in [0, 0.1) is 13.8 Å². The molecule has 4 aromatic carbocycles. The Balaban J connectivity index is 1.38. The fourth-order valence-corrected chi connectivity index (χ4v) is 3.96. The Labute approximate surface area is 224 Å². The quantitative estimate of drug-likeness (QED) is 0.112. The van der Waals surface area contributed by atoms with E-state index in [1.54, 1.807) is 0 Å². The van der Waals surface area contributed by atoms with E-state index in [1.165, 1.54) is 11.1 Å². The van der Waals surface area contributed by atoms with Crippen molar-refractivity contribution < 1.29 is 19.0 Å². The monoisotopic (exact) mass is 507 g/mol. The highest BCUT2D eigenvalue weighted by Gasteiger charge is 2.12. The molecule has 0 aliphatic heterocycles. The minimum atomic E-state index is -0.450. The maximum Gasteiger partial charge on any atom is 0.330 e. The van der Waals surface area contributed by atoms with E-state index in [0.717, 1.165) is 40.0 Å². The smallest absolute Gasteiger partial charge is 0.330 e. The van der Waals surface area contributed by atoms with Crippen molar-refractivity contribution in [3.8, 4) is 16.9 Å². The van der Waals surface area contributed by atoms with Crippen molar-refractivity contribution in [2.45, 2.75) is 13.8 Å². The first kappa shape index (κ1) is 26.7. The number of rotatable bonds is 12. The first-order chi connectivity index (χ1) is 18.5. The summed E-state index contributed by atoms with van der Waals surface area (Å²) in [6.07, 6.45) is 1.13. The molecule has 0 saturated heterocycles. The maximum atomic E-state index is 11.0. The van der Waals surface area contributed by atoms with Gasteiger partial charge >= 0.3 is 5.97 Å². The SMILES string of the molecule is C=CC(=O)OCCOCCOc1ccc(-c2ccc(N(c3ccc(C)cc3)c3ccc(C)cc3)cc2)cc1. The third-order valence-electron chi connectivity index (χ3n) is 6.03. The fraction of sp³-hybridized carbons (Fsp3) is 0.182. The van der Waals surface area contributed by atoms with Crippen molar-refractivity contribution in [3.63, 3.8) is 0 Å². The second kappa shape index (κ2) is 13.3. The summed E-state index contributed by atoms with van der Waals surface area (Å²) < 4.78 is 16.0. The molecule has 5 heteroatoms. The van der Waals surface area contributed by atoms with Gasteiger partial charge in [-0.25, -0.2) is 4.79 Å². The molecule has 0 bridgehead atoms. The van der Waals surface area contributed by atoms with Gasteiger partial charge in [0.2, 0.25) is 0 Å². The molecule has 4 aromatic rings. The number of hydrogen-bond donors (Lipinski definition) is 0. The van der Waals surface area contributed by atoms with Crippen LogP contribution in [0.2, 0.25) is 0 Å². The van der Waals surface area contributed by atoms with Gasteiger partial charge < -0.3 is 19.1 Å². The first-order valence-corrected chi connectivity index (χ1v) is 12.7. The highest BCUT2D eigenvalue weighted by molar-refractivity contribution is 5.81. The van der Waals surface area contributed by atoms with Crippen molar-refractivity contribution in [3.05, 3.63) is 121 Å². The van der Waals surface area contributed by atoms with E-state index < -0.39 is 5.97 Å². The topological polar surface area (TPSA) is 48.0 Å². The van der Waals surface area contributed by atoms with Gasteiger partial charge in [-0.1, -0.05) is 66.2 Å². The first-order valence-electron chi connectivity index (χ1n) is 12.7. The number of aryl methyl sites for hydroxylation is 2. The van der Waals surface area contributed by atoms with Gasteiger partial charge in [-0.2, -0.15) is 0 Å². The Hall–Kier alpha value is -4.35. The van der Waals surface area contributed by atoms with Crippen LogP contribution in [0.5, 0.6) is 5.75 Å². The van der Waals surface area contributed by atoms with Crippen LogP contribution in [-0.2, 0) is 14.3 Å². The Morgan fingerprint density at radius 1 is 0.658 bits per heavy atom. The number of esters is 1. The lowest BCUT2D eigenvalue weighted by atomic mass is 10.0. The lowest BCUT2D eigenvalue weighted by Crippen LogP contribution is -2.12. The molecule has 0 heterocycles. The summed E-state index contributed by atoms with van der Waals surface area (Å²) in [6.45, 7) is 8.90. The fourth-order valence-electron chi connectivity index (χ4n) is 3.96. The maximum absolute atomic E-state index is 11.0. The van der Waals surface area contributed by atoms with Gasteiger partial charge in [0.05, 0.1) is 13.2 Å². The van der Waals surface area contributed by atoms with E-state index in [-0.39, 0.29) is 6.61 Å². The molecule has 0 spiro atoms. The molecule has 38 heavy (non-hydrogen) atoms. The minimum Gasteiger partial charge on any atom is -0.491 e. The largest absolute Gasteiger partial charge is 0.491 e. The van der Waals surface area contributed by atoms with Gasteiger partial charge in [0, 0.05) is 23.1 Å². The number of ether oxygens (including phenoxy) is 3. The molecular formula is C33H33NO4. The van der Waals surface area contributed by atoms with Crippen molar-refractivity contribution in [2.24, 2.45) is 0 Å². The third kappa shape index (κ3) is 7.34. The van der Waals surface area contributed by atoms with Crippen LogP contribution < -0.4 is 9.64 Å². The van der Waals surface area contributed by atoms with Crippen LogP contribution in [0.4, 0.5) is 17.1 Å². The average molecular weight is 508 g/mol. The Morgan fingerprint density at radius 2 is 1.11 bits per heavy atom. The summed E-state index contributed by atoms with van der Waals surface area (Å²) in [5.74, 6) is 0.325. The van der Waals surface area contributed by atoms with E-state index >= 15 is 0 Å². The van der Waals surface area contributed by atoms with E-state index in [2.05, 4.69) is 110 Å². The number of hydrogen-bond acceptors (Lipinski definition) is 5. The van der Waals surface area contributed by atoms with E-state index in [9.17, 15) is 4.79 Å². The second-order valence-electron chi connectivity index (χ2n) is 8.91. The van der Waals surface area contributed by atoms with Crippen LogP contribution >= 0.6 is 0 Å². The molecule has 0 amide bonds. The molecule has 0 aromatic heterocycles. The predicted molar refractivity (Wildman–Crippen MR) is 154 cm³/mol. The van der Waals surface area contributed by atoms with Crippen LogP contribution in [0.3, 0.4) is 0 Å². The highest BCUT2D eigenvalue weighted by atomic mass is 16.6. The molecule has 4 rings (SSSR count). The van der Waals surface area contributed by atoms with Crippen molar-refractivity contribution >= 4 is 23.0 Å². The van der Waals surface area contributed by atoms with Gasteiger partial charge in [-0.3, -0.25) is 0 Å². The molecule has 0 N–H and O–H groups in total. The number of anilines is 3. The molecule has 194 valence electrons. The predicted octanol–water partition coefficient (Wildman–Crippen LogP) is 7.56. The zero-order chi connectivity index (χ0) is 26.7. The van der Waals surface area contributed by atoms with E-state index in [4.69, 9.17) is 14.2 Å². The number of carbonyl (C=O) groups is 1. The standard InChI is InChI=1S/C33H33NO4/c1-4-33(35)38-24-22-36-21-23-37-32-19-11-28(12-20-32)27-9-17-31(18-10-27)34(29-13-5-25(2)6-14-29)30-15-7-26(3)8-16-30/h4-20H,1,21-24H2,2-3H3. The molecular weight excluding hydrogens is 474 g/mol. The second-order valence-corrected chi connectivity index (χ2v) is 8.91. The third-order valence-corrected chi connectivity index (χ3v) is 6.03. The molecule has 0 aliphatic carbocycles. The van der Waals surface area contributed by atoms with Gasteiger partial charge in [0.1, 0.15) is 19.0 Å². The van der Waals surface area contributed by atoms with E-state index in [0.29, 0.717) is 19.8 Å². The Kier molecular flexibility index (Phi) is 9.32. The normalized spacial score (nSPS) is 10.6. The van der Waals surface area contributed by atoms with Crippen molar-refractivity contribution in [1.82, 2.24) is 0 Å². The summed E-state index contributed by atoms with van der Waals surface area (Å²) in [6, 6.07) is 33.8. The lowest BCUT2D eigenvalue weighted by molar-refractivity contribution is -0.139. The Morgan fingerprint density at radius 3 is 1.61 bits per heavy atom. The van der Waals surface area contributed by atoms with Crippen LogP contribution in [0.25, 0.3) is 11.1 Å². The summed E-state index contributed by atoms with van der Waals surface area (Å²) in [5.41, 5.74) is 8.05. The number of benzene rings is 4. The van der Waals surface area contributed by atoms with Crippen LogP contribution in [-0.4, -0.2) is 32.4 Å².